The van der Waals surface area contributed by atoms with Gasteiger partial charge in [0.1, 0.15) is 5.69 Å². The van der Waals surface area contributed by atoms with Crippen molar-refractivity contribution < 1.29 is 9.59 Å². The van der Waals surface area contributed by atoms with Gasteiger partial charge < -0.3 is 10.2 Å². The summed E-state index contributed by atoms with van der Waals surface area (Å²) in [6.45, 7) is 0. The molecule has 0 radical (unpaired) electrons. The average Bonchev–Trinajstić information content (AvgIpc) is 3.30. The summed E-state index contributed by atoms with van der Waals surface area (Å²) in [5.74, 6) is 0.0381. The molecule has 2 aromatic rings. The fourth-order valence-corrected chi connectivity index (χ4v) is 4.39. The van der Waals surface area contributed by atoms with Crippen LogP contribution in [0.2, 0.25) is 0 Å². The topological polar surface area (TPSA) is 62.3 Å². The van der Waals surface area contributed by atoms with Crippen molar-refractivity contribution in [3.8, 4) is 0 Å². The number of nitrogens with one attached hydrogen (secondary N) is 1. The SMILES string of the molecule is O=C(N[C@H]1C[C@H]2CC[C@@H]1N2C(=O)CC/C=C/c1ccccc1)c1ccccn1. The molecule has 5 heteroatoms. The molecule has 0 unspecified atom stereocenters. The molecule has 0 spiro atoms. The van der Waals surface area contributed by atoms with Crippen LogP contribution in [0.4, 0.5) is 0 Å². The van der Waals surface area contributed by atoms with Gasteiger partial charge in [0, 0.05) is 18.7 Å². The highest BCUT2D eigenvalue weighted by atomic mass is 16.2. The Morgan fingerprint density at radius 2 is 1.93 bits per heavy atom. The third kappa shape index (κ3) is 3.98. The molecule has 3 heterocycles. The van der Waals surface area contributed by atoms with Crippen LogP contribution in [0.3, 0.4) is 0 Å². The third-order valence-electron chi connectivity index (χ3n) is 5.67. The zero-order valence-electron chi connectivity index (χ0n) is 15.8. The van der Waals surface area contributed by atoms with Gasteiger partial charge in [0.15, 0.2) is 0 Å². The first-order chi connectivity index (χ1) is 13.7. The minimum Gasteiger partial charge on any atom is -0.346 e. The fourth-order valence-electron chi connectivity index (χ4n) is 4.39. The molecule has 2 saturated heterocycles. The number of fused-ring (bicyclic) bond motifs is 2. The van der Waals surface area contributed by atoms with Crippen LogP contribution in [-0.4, -0.2) is 39.8 Å². The van der Waals surface area contributed by atoms with E-state index in [2.05, 4.69) is 22.5 Å². The van der Waals surface area contributed by atoms with Gasteiger partial charge >= 0.3 is 0 Å². The summed E-state index contributed by atoms with van der Waals surface area (Å²) in [7, 11) is 0. The monoisotopic (exact) mass is 375 g/mol. The molecule has 2 aliphatic rings. The van der Waals surface area contributed by atoms with E-state index in [1.54, 1.807) is 18.3 Å². The van der Waals surface area contributed by atoms with Gasteiger partial charge in [0.05, 0.1) is 12.1 Å². The Morgan fingerprint density at radius 1 is 1.11 bits per heavy atom. The van der Waals surface area contributed by atoms with E-state index >= 15 is 0 Å². The van der Waals surface area contributed by atoms with Crippen molar-refractivity contribution in [3.63, 3.8) is 0 Å². The maximum atomic E-state index is 12.8. The Hall–Kier alpha value is -2.95. The molecule has 5 nitrogen and oxygen atoms in total. The fraction of sp³-hybridized carbons (Fsp3) is 0.348. The summed E-state index contributed by atoms with van der Waals surface area (Å²) in [5.41, 5.74) is 1.57. The van der Waals surface area contributed by atoms with Gasteiger partial charge in [-0.15, -0.1) is 0 Å². The smallest absolute Gasteiger partial charge is 0.270 e. The first-order valence-electron chi connectivity index (χ1n) is 9.97. The number of pyridine rings is 1. The van der Waals surface area contributed by atoms with E-state index in [4.69, 9.17) is 0 Å². The summed E-state index contributed by atoms with van der Waals surface area (Å²) in [4.78, 5) is 31.3. The van der Waals surface area contributed by atoms with Gasteiger partial charge in [-0.3, -0.25) is 14.6 Å². The minimum absolute atomic E-state index is 0.0251. The number of allylic oxidation sites excluding steroid dienone is 1. The van der Waals surface area contributed by atoms with Gasteiger partial charge in [0.2, 0.25) is 5.91 Å². The van der Waals surface area contributed by atoms with E-state index < -0.39 is 0 Å². The van der Waals surface area contributed by atoms with Crippen molar-refractivity contribution in [2.75, 3.05) is 0 Å². The number of benzene rings is 1. The lowest BCUT2D eigenvalue weighted by Crippen LogP contribution is -2.45. The molecule has 1 aromatic carbocycles. The van der Waals surface area contributed by atoms with E-state index in [0.29, 0.717) is 12.1 Å². The van der Waals surface area contributed by atoms with Crippen molar-refractivity contribution >= 4 is 17.9 Å². The summed E-state index contributed by atoms with van der Waals surface area (Å²) in [6, 6.07) is 15.8. The summed E-state index contributed by atoms with van der Waals surface area (Å²) in [5, 5.41) is 3.09. The van der Waals surface area contributed by atoms with Crippen LogP contribution in [0.25, 0.3) is 6.08 Å². The molecule has 4 rings (SSSR count). The largest absolute Gasteiger partial charge is 0.346 e. The van der Waals surface area contributed by atoms with Crippen molar-refractivity contribution in [1.82, 2.24) is 15.2 Å². The van der Waals surface area contributed by atoms with E-state index in [9.17, 15) is 9.59 Å². The van der Waals surface area contributed by atoms with Crippen LogP contribution in [-0.2, 0) is 4.79 Å². The number of aromatic nitrogens is 1. The number of hydrogen-bond acceptors (Lipinski definition) is 3. The van der Waals surface area contributed by atoms with Crippen molar-refractivity contribution in [3.05, 3.63) is 72.1 Å². The standard InChI is InChI=1S/C23H25N3O2/c27-22(12-5-4-10-17-8-2-1-3-9-17)26-18-13-14-21(26)20(16-18)25-23(28)19-11-6-7-15-24-19/h1-4,6-11,15,18,20-21H,5,12-14,16H2,(H,25,28)/b10-4+/t18-,20+,21+/m1/s1. The van der Waals surface area contributed by atoms with Crippen LogP contribution in [0, 0.1) is 0 Å². The van der Waals surface area contributed by atoms with Crippen LogP contribution in [0.5, 0.6) is 0 Å². The Balaban J connectivity index is 1.31. The number of carbonyl (C=O) groups excluding carboxylic acids is 2. The molecular weight excluding hydrogens is 350 g/mol. The van der Waals surface area contributed by atoms with Gasteiger partial charge in [-0.1, -0.05) is 48.6 Å². The van der Waals surface area contributed by atoms with Crippen LogP contribution >= 0.6 is 0 Å². The Morgan fingerprint density at radius 3 is 2.71 bits per heavy atom. The van der Waals surface area contributed by atoms with Crippen molar-refractivity contribution in [1.29, 1.82) is 0 Å². The first-order valence-corrected chi connectivity index (χ1v) is 9.97. The lowest BCUT2D eigenvalue weighted by molar-refractivity contribution is -0.132. The molecule has 144 valence electrons. The summed E-state index contributed by atoms with van der Waals surface area (Å²) in [6.07, 6.45) is 9.82. The minimum atomic E-state index is -0.156. The average molecular weight is 375 g/mol. The van der Waals surface area contributed by atoms with Gasteiger partial charge in [0.25, 0.3) is 5.91 Å². The zero-order chi connectivity index (χ0) is 19.3. The van der Waals surface area contributed by atoms with Gasteiger partial charge in [-0.05, 0) is 43.4 Å². The lowest BCUT2D eigenvalue weighted by Gasteiger charge is -2.25. The maximum Gasteiger partial charge on any atom is 0.270 e. The Kier molecular flexibility index (Phi) is 5.51. The molecule has 2 fully saturated rings. The Bertz CT molecular complexity index is 851. The number of amides is 2. The second-order valence-corrected chi connectivity index (χ2v) is 7.48. The molecule has 2 amide bonds. The normalized spacial score (nSPS) is 23.3. The number of nitrogens with zero attached hydrogens (tertiary/aromatic N) is 2. The van der Waals surface area contributed by atoms with E-state index in [1.807, 2.05) is 41.3 Å². The molecule has 1 aromatic heterocycles. The van der Waals surface area contributed by atoms with Crippen molar-refractivity contribution in [2.24, 2.45) is 0 Å². The molecule has 2 bridgehead atoms. The molecular formula is C23H25N3O2. The third-order valence-corrected chi connectivity index (χ3v) is 5.67. The molecule has 3 atom stereocenters. The first kappa shape index (κ1) is 18.4. The second-order valence-electron chi connectivity index (χ2n) is 7.48. The summed E-state index contributed by atoms with van der Waals surface area (Å²) < 4.78 is 0. The number of carbonyl (C=O) groups is 2. The highest BCUT2D eigenvalue weighted by Gasteiger charge is 2.48. The molecule has 1 N–H and O–H groups in total. The van der Waals surface area contributed by atoms with Gasteiger partial charge in [-0.25, -0.2) is 0 Å². The predicted octanol–water partition coefficient (Wildman–Crippen LogP) is 3.44. The molecule has 0 saturated carbocycles. The Labute approximate surface area is 165 Å². The summed E-state index contributed by atoms with van der Waals surface area (Å²) >= 11 is 0. The van der Waals surface area contributed by atoms with E-state index in [-0.39, 0.29) is 29.9 Å². The highest BCUT2D eigenvalue weighted by molar-refractivity contribution is 5.92. The highest BCUT2D eigenvalue weighted by Crippen LogP contribution is 2.38. The molecule has 0 aliphatic carbocycles. The van der Waals surface area contributed by atoms with E-state index in [1.165, 1.54) is 0 Å². The molecule has 28 heavy (non-hydrogen) atoms. The number of hydrogen-bond donors (Lipinski definition) is 1. The molecule has 2 aliphatic heterocycles. The van der Waals surface area contributed by atoms with Gasteiger partial charge in [-0.2, -0.15) is 0 Å². The predicted molar refractivity (Wildman–Crippen MR) is 108 cm³/mol. The second kappa shape index (κ2) is 8.38. The maximum absolute atomic E-state index is 12.8. The lowest BCUT2D eigenvalue weighted by atomic mass is 9.95. The quantitative estimate of drug-likeness (QED) is 0.841. The van der Waals surface area contributed by atoms with Crippen molar-refractivity contribution in [2.45, 2.75) is 50.2 Å². The van der Waals surface area contributed by atoms with Crippen LogP contribution in [0.15, 0.2) is 60.8 Å². The van der Waals surface area contributed by atoms with Crippen LogP contribution < -0.4 is 5.32 Å². The number of rotatable bonds is 6. The zero-order valence-corrected chi connectivity index (χ0v) is 15.8. The van der Waals surface area contributed by atoms with E-state index in [0.717, 1.165) is 31.2 Å². The van der Waals surface area contributed by atoms with Crippen LogP contribution in [0.1, 0.15) is 48.2 Å².